The summed E-state index contributed by atoms with van der Waals surface area (Å²) in [4.78, 5) is 13.2. The number of nitrogens with zero attached hydrogens (tertiary/aromatic N) is 2. The number of carbonyl (C=O) groups excluding carboxylic acids is 1. The molecule has 8 nitrogen and oxygen atoms in total. The zero-order chi connectivity index (χ0) is 19.3. The van der Waals surface area contributed by atoms with Gasteiger partial charge < -0.3 is 24.8 Å². The van der Waals surface area contributed by atoms with Gasteiger partial charge in [0.2, 0.25) is 5.91 Å². The van der Waals surface area contributed by atoms with Crippen molar-refractivity contribution < 1.29 is 19.0 Å². The summed E-state index contributed by atoms with van der Waals surface area (Å²) in [6.45, 7) is 1.82. The van der Waals surface area contributed by atoms with Crippen LogP contribution in [0.3, 0.4) is 0 Å². The van der Waals surface area contributed by atoms with E-state index in [9.17, 15) is 4.79 Å². The molecule has 1 aliphatic rings. The second-order valence-electron chi connectivity index (χ2n) is 6.43. The first kappa shape index (κ1) is 19.0. The third-order valence-electron chi connectivity index (χ3n) is 5.04. The number of hydrogen-bond donors (Lipinski definition) is 2. The monoisotopic (exact) mass is 374 g/mol. The van der Waals surface area contributed by atoms with Gasteiger partial charge >= 0.3 is 0 Å². The topological polar surface area (TPSA) is 86.6 Å². The van der Waals surface area contributed by atoms with Crippen molar-refractivity contribution in [1.82, 2.24) is 20.4 Å². The highest BCUT2D eigenvalue weighted by Crippen LogP contribution is 2.34. The quantitative estimate of drug-likeness (QED) is 0.760. The van der Waals surface area contributed by atoms with Gasteiger partial charge in [0.05, 0.1) is 33.4 Å². The molecule has 8 heteroatoms. The summed E-state index contributed by atoms with van der Waals surface area (Å²) in [7, 11) is 4.75. The summed E-state index contributed by atoms with van der Waals surface area (Å²) in [5.74, 6) is 1.77. The van der Waals surface area contributed by atoms with E-state index in [1.807, 2.05) is 12.3 Å². The Kier molecular flexibility index (Phi) is 5.85. The van der Waals surface area contributed by atoms with Gasteiger partial charge in [-0.15, -0.1) is 0 Å². The molecular weight excluding hydrogens is 348 g/mol. The lowest BCUT2D eigenvalue weighted by molar-refractivity contribution is -0.132. The fourth-order valence-electron chi connectivity index (χ4n) is 3.51. The Morgan fingerprint density at radius 1 is 1.19 bits per heavy atom. The van der Waals surface area contributed by atoms with Gasteiger partial charge in [0.25, 0.3) is 0 Å². The van der Waals surface area contributed by atoms with Gasteiger partial charge in [-0.25, -0.2) is 0 Å². The van der Waals surface area contributed by atoms with E-state index in [0.717, 1.165) is 18.7 Å². The van der Waals surface area contributed by atoms with Crippen LogP contribution in [-0.4, -0.2) is 50.1 Å². The summed E-state index contributed by atoms with van der Waals surface area (Å²) in [6, 6.07) is 5.39. The van der Waals surface area contributed by atoms with Crippen molar-refractivity contribution in [2.24, 2.45) is 0 Å². The SMILES string of the molecule is COc1cc(OC)c(CNC(=O)C2(n3cccn3)CCNCC2)c(OC)c1. The van der Waals surface area contributed by atoms with E-state index in [1.54, 1.807) is 44.3 Å². The molecule has 2 aromatic rings. The summed E-state index contributed by atoms with van der Waals surface area (Å²) < 4.78 is 18.0. The molecule has 2 N–H and O–H groups in total. The molecule has 0 saturated carbocycles. The van der Waals surface area contributed by atoms with Crippen LogP contribution >= 0.6 is 0 Å². The Morgan fingerprint density at radius 2 is 1.85 bits per heavy atom. The van der Waals surface area contributed by atoms with E-state index in [4.69, 9.17) is 14.2 Å². The Balaban J connectivity index is 1.84. The molecule has 0 bridgehead atoms. The maximum atomic E-state index is 13.2. The Morgan fingerprint density at radius 3 is 2.37 bits per heavy atom. The molecule has 0 spiro atoms. The maximum Gasteiger partial charge on any atom is 0.248 e. The molecule has 2 heterocycles. The minimum atomic E-state index is -0.693. The fraction of sp³-hybridized carbons (Fsp3) is 0.474. The predicted molar refractivity (Wildman–Crippen MR) is 100 cm³/mol. The van der Waals surface area contributed by atoms with Crippen molar-refractivity contribution in [1.29, 1.82) is 0 Å². The van der Waals surface area contributed by atoms with E-state index < -0.39 is 5.54 Å². The maximum absolute atomic E-state index is 13.2. The van der Waals surface area contributed by atoms with Crippen molar-refractivity contribution in [3.05, 3.63) is 36.2 Å². The second-order valence-corrected chi connectivity index (χ2v) is 6.43. The number of carbonyl (C=O) groups is 1. The van der Waals surface area contributed by atoms with Crippen molar-refractivity contribution in [2.45, 2.75) is 24.9 Å². The first-order valence-corrected chi connectivity index (χ1v) is 8.92. The molecule has 0 radical (unpaired) electrons. The number of methoxy groups -OCH3 is 3. The largest absolute Gasteiger partial charge is 0.496 e. The van der Waals surface area contributed by atoms with Crippen LogP contribution in [0.15, 0.2) is 30.6 Å². The number of nitrogens with one attached hydrogen (secondary N) is 2. The van der Waals surface area contributed by atoms with Gasteiger partial charge in [0.1, 0.15) is 22.8 Å². The molecule has 0 unspecified atom stereocenters. The van der Waals surface area contributed by atoms with Gasteiger partial charge in [-0.05, 0) is 32.0 Å². The Bertz CT molecular complexity index is 745. The highest BCUT2D eigenvalue weighted by atomic mass is 16.5. The lowest BCUT2D eigenvalue weighted by atomic mass is 9.87. The summed E-state index contributed by atoms with van der Waals surface area (Å²) in [6.07, 6.45) is 4.90. The van der Waals surface area contributed by atoms with E-state index in [0.29, 0.717) is 30.1 Å². The zero-order valence-corrected chi connectivity index (χ0v) is 15.9. The van der Waals surface area contributed by atoms with Crippen molar-refractivity contribution >= 4 is 5.91 Å². The highest BCUT2D eigenvalue weighted by Gasteiger charge is 2.41. The van der Waals surface area contributed by atoms with Crippen molar-refractivity contribution in [3.8, 4) is 17.2 Å². The molecular formula is C19H26N4O4. The van der Waals surface area contributed by atoms with Crippen LogP contribution < -0.4 is 24.8 Å². The molecule has 0 atom stereocenters. The van der Waals surface area contributed by atoms with Crippen LogP contribution in [-0.2, 0) is 16.9 Å². The number of ether oxygens (including phenoxy) is 3. The average Bonchev–Trinajstić information content (AvgIpc) is 3.27. The molecule has 27 heavy (non-hydrogen) atoms. The highest BCUT2D eigenvalue weighted by molar-refractivity contribution is 5.84. The van der Waals surface area contributed by atoms with Crippen LogP contribution in [0.25, 0.3) is 0 Å². The zero-order valence-electron chi connectivity index (χ0n) is 15.9. The minimum Gasteiger partial charge on any atom is -0.496 e. The minimum absolute atomic E-state index is 0.0624. The third kappa shape index (κ3) is 3.71. The number of amides is 1. The summed E-state index contributed by atoms with van der Waals surface area (Å²) in [5.41, 5.74) is 0.0699. The molecule has 1 aromatic heterocycles. The van der Waals surface area contributed by atoms with Crippen LogP contribution in [0.5, 0.6) is 17.2 Å². The molecule has 3 rings (SSSR count). The predicted octanol–water partition coefficient (Wildman–Crippen LogP) is 1.30. The van der Waals surface area contributed by atoms with Crippen LogP contribution in [0.2, 0.25) is 0 Å². The molecule has 146 valence electrons. The summed E-state index contributed by atoms with van der Waals surface area (Å²) >= 11 is 0. The van der Waals surface area contributed by atoms with Gasteiger partial charge in [-0.3, -0.25) is 9.48 Å². The molecule has 1 amide bonds. The fourth-order valence-corrected chi connectivity index (χ4v) is 3.51. The van der Waals surface area contributed by atoms with Gasteiger partial charge in [0.15, 0.2) is 0 Å². The van der Waals surface area contributed by atoms with Gasteiger partial charge in [-0.2, -0.15) is 5.10 Å². The first-order chi connectivity index (χ1) is 13.1. The number of hydrogen-bond acceptors (Lipinski definition) is 6. The van der Waals surface area contributed by atoms with Crippen LogP contribution in [0, 0.1) is 0 Å². The standard InChI is InChI=1S/C19H26N4O4/c1-25-14-11-16(26-2)15(17(12-14)27-3)13-21-18(24)19(5-8-20-9-6-19)23-10-4-7-22-23/h4,7,10-12,20H,5-6,8-9,13H2,1-3H3,(H,21,24). The molecule has 1 aromatic carbocycles. The number of piperidine rings is 1. The lowest BCUT2D eigenvalue weighted by Crippen LogP contribution is -2.54. The normalized spacial score (nSPS) is 15.8. The Labute approximate surface area is 158 Å². The third-order valence-corrected chi connectivity index (χ3v) is 5.04. The van der Waals surface area contributed by atoms with E-state index in [2.05, 4.69) is 15.7 Å². The number of rotatable bonds is 7. The average molecular weight is 374 g/mol. The second kappa shape index (κ2) is 8.30. The smallest absolute Gasteiger partial charge is 0.248 e. The molecule has 1 fully saturated rings. The Hall–Kier alpha value is -2.74. The number of benzene rings is 1. The van der Waals surface area contributed by atoms with E-state index in [1.165, 1.54) is 0 Å². The molecule has 1 saturated heterocycles. The van der Waals surface area contributed by atoms with Gasteiger partial charge in [0, 0.05) is 24.5 Å². The lowest BCUT2D eigenvalue weighted by Gasteiger charge is -2.36. The molecule has 1 aliphatic heterocycles. The number of aromatic nitrogens is 2. The van der Waals surface area contributed by atoms with Crippen LogP contribution in [0.4, 0.5) is 0 Å². The van der Waals surface area contributed by atoms with E-state index >= 15 is 0 Å². The van der Waals surface area contributed by atoms with Crippen LogP contribution in [0.1, 0.15) is 18.4 Å². The first-order valence-electron chi connectivity index (χ1n) is 8.92. The van der Waals surface area contributed by atoms with E-state index in [-0.39, 0.29) is 12.5 Å². The van der Waals surface area contributed by atoms with Crippen molar-refractivity contribution in [3.63, 3.8) is 0 Å². The van der Waals surface area contributed by atoms with Crippen molar-refractivity contribution in [2.75, 3.05) is 34.4 Å². The summed E-state index contributed by atoms with van der Waals surface area (Å²) in [5, 5.41) is 10.7. The van der Waals surface area contributed by atoms with Gasteiger partial charge in [-0.1, -0.05) is 0 Å². The molecule has 0 aliphatic carbocycles.